The first-order valence-corrected chi connectivity index (χ1v) is 8.82. The van der Waals surface area contributed by atoms with E-state index in [1.54, 1.807) is 5.56 Å². The summed E-state index contributed by atoms with van der Waals surface area (Å²) in [5.41, 5.74) is 3.07. The molecule has 1 heterocycles. The molecule has 0 aromatic heterocycles. The highest BCUT2D eigenvalue weighted by Crippen LogP contribution is 2.29. The summed E-state index contributed by atoms with van der Waals surface area (Å²) in [5, 5.41) is 0. The summed E-state index contributed by atoms with van der Waals surface area (Å²) in [6, 6.07) is 6.74. The Morgan fingerprint density at radius 2 is 2.00 bits per heavy atom. The van der Waals surface area contributed by atoms with E-state index < -0.39 is 0 Å². The van der Waals surface area contributed by atoms with Crippen molar-refractivity contribution in [2.45, 2.75) is 32.1 Å². The molecule has 1 saturated heterocycles. The van der Waals surface area contributed by atoms with Crippen LogP contribution in [0, 0.1) is 5.92 Å². The summed E-state index contributed by atoms with van der Waals surface area (Å²) < 4.78 is 5.87. The molecule has 1 aliphatic heterocycles. The van der Waals surface area contributed by atoms with Gasteiger partial charge < -0.3 is 14.5 Å². The molecule has 3 rings (SSSR count). The average Bonchev–Trinajstić information content (AvgIpc) is 3.00. The molecule has 1 aromatic rings. The number of hydrogen-bond acceptors (Lipinski definition) is 3. The molecule has 0 amide bonds. The standard InChI is InChI=1S/C19H30N2O/c1-20(2)11-12-22-19-8-7-17-13-16(5-6-18(17)14-19)15-21-9-3-4-10-21/h7-8,14,16H,3-6,9-13,15H2,1-2H3. The molecule has 0 spiro atoms. The summed E-state index contributed by atoms with van der Waals surface area (Å²) in [7, 11) is 4.16. The quantitative estimate of drug-likeness (QED) is 0.803. The number of fused-ring (bicyclic) bond motifs is 1. The molecule has 0 saturated carbocycles. The number of aryl methyl sites for hydroxylation is 1. The molecule has 2 aliphatic rings. The molecule has 1 fully saturated rings. The highest BCUT2D eigenvalue weighted by Gasteiger charge is 2.22. The molecular weight excluding hydrogens is 272 g/mol. The highest BCUT2D eigenvalue weighted by molar-refractivity contribution is 5.37. The maximum atomic E-state index is 5.87. The van der Waals surface area contributed by atoms with Crippen molar-refractivity contribution >= 4 is 0 Å². The van der Waals surface area contributed by atoms with E-state index in [2.05, 4.69) is 42.1 Å². The Kier molecular flexibility index (Phi) is 5.37. The molecule has 0 radical (unpaired) electrons. The van der Waals surface area contributed by atoms with Crippen molar-refractivity contribution in [3.05, 3.63) is 29.3 Å². The number of hydrogen-bond donors (Lipinski definition) is 0. The normalized spacial score (nSPS) is 22.0. The number of likely N-dealkylation sites (N-methyl/N-ethyl adjacent to an activating group) is 1. The Morgan fingerprint density at radius 3 is 2.77 bits per heavy atom. The largest absolute Gasteiger partial charge is 0.492 e. The van der Waals surface area contributed by atoms with Gasteiger partial charge in [-0.1, -0.05) is 6.07 Å². The number of nitrogens with zero attached hydrogens (tertiary/aromatic N) is 2. The number of ether oxygens (including phenoxy) is 1. The van der Waals surface area contributed by atoms with Crippen molar-refractivity contribution in [1.82, 2.24) is 9.80 Å². The van der Waals surface area contributed by atoms with Crippen LogP contribution < -0.4 is 4.74 Å². The van der Waals surface area contributed by atoms with Gasteiger partial charge >= 0.3 is 0 Å². The molecule has 0 bridgehead atoms. The number of benzene rings is 1. The predicted molar refractivity (Wildman–Crippen MR) is 91.7 cm³/mol. The fourth-order valence-electron chi connectivity index (χ4n) is 3.73. The van der Waals surface area contributed by atoms with E-state index in [0.29, 0.717) is 0 Å². The summed E-state index contributed by atoms with van der Waals surface area (Å²) in [4.78, 5) is 4.82. The molecule has 122 valence electrons. The van der Waals surface area contributed by atoms with Gasteiger partial charge in [-0.15, -0.1) is 0 Å². The van der Waals surface area contributed by atoms with Crippen molar-refractivity contribution < 1.29 is 4.74 Å². The van der Waals surface area contributed by atoms with Crippen molar-refractivity contribution in [2.75, 3.05) is 46.9 Å². The second kappa shape index (κ2) is 7.47. The SMILES string of the molecule is CN(C)CCOc1ccc2c(c1)CCC(CN1CCCC1)C2. The lowest BCUT2D eigenvalue weighted by atomic mass is 9.83. The van der Waals surface area contributed by atoms with Gasteiger partial charge in [-0.2, -0.15) is 0 Å². The van der Waals surface area contributed by atoms with Crippen LogP contribution in [0.2, 0.25) is 0 Å². The molecule has 1 aromatic carbocycles. The zero-order valence-corrected chi connectivity index (χ0v) is 14.2. The monoisotopic (exact) mass is 302 g/mol. The smallest absolute Gasteiger partial charge is 0.119 e. The minimum Gasteiger partial charge on any atom is -0.492 e. The summed E-state index contributed by atoms with van der Waals surface area (Å²) >= 11 is 0. The van der Waals surface area contributed by atoms with Crippen LogP contribution in [-0.4, -0.2) is 56.7 Å². The van der Waals surface area contributed by atoms with Crippen molar-refractivity contribution in [1.29, 1.82) is 0 Å². The van der Waals surface area contributed by atoms with Gasteiger partial charge in [-0.3, -0.25) is 0 Å². The van der Waals surface area contributed by atoms with E-state index in [0.717, 1.165) is 24.8 Å². The van der Waals surface area contributed by atoms with Gasteiger partial charge in [0, 0.05) is 13.1 Å². The molecule has 3 heteroatoms. The lowest BCUT2D eigenvalue weighted by Crippen LogP contribution is -2.30. The Labute approximate surface area is 135 Å². The number of rotatable bonds is 6. The molecule has 1 aliphatic carbocycles. The lowest BCUT2D eigenvalue weighted by Gasteiger charge is -2.28. The first kappa shape index (κ1) is 15.8. The maximum Gasteiger partial charge on any atom is 0.119 e. The first-order valence-electron chi connectivity index (χ1n) is 8.82. The zero-order valence-electron chi connectivity index (χ0n) is 14.2. The third-order valence-electron chi connectivity index (χ3n) is 5.03. The van der Waals surface area contributed by atoms with Gasteiger partial charge in [0.1, 0.15) is 12.4 Å². The van der Waals surface area contributed by atoms with Crippen LogP contribution in [0.25, 0.3) is 0 Å². The molecule has 1 atom stereocenters. The zero-order chi connectivity index (χ0) is 15.4. The molecule has 22 heavy (non-hydrogen) atoms. The van der Waals surface area contributed by atoms with Gasteiger partial charge in [-0.05, 0) is 88.5 Å². The minimum atomic E-state index is 0.767. The Morgan fingerprint density at radius 1 is 1.18 bits per heavy atom. The topological polar surface area (TPSA) is 15.7 Å². The minimum absolute atomic E-state index is 0.767. The van der Waals surface area contributed by atoms with Gasteiger partial charge in [0.2, 0.25) is 0 Å². The Bertz CT molecular complexity index is 480. The molecule has 1 unspecified atom stereocenters. The highest BCUT2D eigenvalue weighted by atomic mass is 16.5. The van der Waals surface area contributed by atoms with E-state index in [1.165, 1.54) is 57.3 Å². The van der Waals surface area contributed by atoms with E-state index >= 15 is 0 Å². The predicted octanol–water partition coefficient (Wildman–Crippen LogP) is 2.83. The van der Waals surface area contributed by atoms with Crippen molar-refractivity contribution in [3.63, 3.8) is 0 Å². The van der Waals surface area contributed by atoms with Gasteiger partial charge in [-0.25, -0.2) is 0 Å². The van der Waals surface area contributed by atoms with Crippen LogP contribution in [0.5, 0.6) is 5.75 Å². The molecule has 0 N–H and O–H groups in total. The van der Waals surface area contributed by atoms with Gasteiger partial charge in [0.15, 0.2) is 0 Å². The Balaban J connectivity index is 1.54. The van der Waals surface area contributed by atoms with E-state index in [4.69, 9.17) is 4.74 Å². The fraction of sp³-hybridized carbons (Fsp3) is 0.684. The first-order chi connectivity index (χ1) is 10.7. The van der Waals surface area contributed by atoms with Crippen molar-refractivity contribution in [2.24, 2.45) is 5.92 Å². The van der Waals surface area contributed by atoms with Crippen LogP contribution in [0.3, 0.4) is 0 Å². The second-order valence-electron chi connectivity index (χ2n) is 7.20. The van der Waals surface area contributed by atoms with Crippen LogP contribution in [-0.2, 0) is 12.8 Å². The van der Waals surface area contributed by atoms with E-state index in [9.17, 15) is 0 Å². The number of likely N-dealkylation sites (tertiary alicyclic amines) is 1. The van der Waals surface area contributed by atoms with Crippen LogP contribution >= 0.6 is 0 Å². The van der Waals surface area contributed by atoms with Crippen LogP contribution in [0.4, 0.5) is 0 Å². The summed E-state index contributed by atoms with van der Waals surface area (Å²) in [6.45, 7) is 5.68. The van der Waals surface area contributed by atoms with Gasteiger partial charge in [0.25, 0.3) is 0 Å². The molecule has 3 nitrogen and oxygen atoms in total. The Hall–Kier alpha value is -1.06. The van der Waals surface area contributed by atoms with E-state index in [1.807, 2.05) is 0 Å². The average molecular weight is 302 g/mol. The maximum absolute atomic E-state index is 5.87. The molecular formula is C19H30N2O. The second-order valence-corrected chi connectivity index (χ2v) is 7.20. The van der Waals surface area contributed by atoms with Crippen molar-refractivity contribution in [3.8, 4) is 5.75 Å². The van der Waals surface area contributed by atoms with Crippen LogP contribution in [0.1, 0.15) is 30.4 Å². The lowest BCUT2D eigenvalue weighted by molar-refractivity contribution is 0.257. The van der Waals surface area contributed by atoms with E-state index in [-0.39, 0.29) is 0 Å². The third-order valence-corrected chi connectivity index (χ3v) is 5.03. The van der Waals surface area contributed by atoms with Crippen LogP contribution in [0.15, 0.2) is 18.2 Å². The fourth-order valence-corrected chi connectivity index (χ4v) is 3.73. The summed E-state index contributed by atoms with van der Waals surface area (Å²) in [5.74, 6) is 1.89. The van der Waals surface area contributed by atoms with Gasteiger partial charge in [0.05, 0.1) is 0 Å². The summed E-state index contributed by atoms with van der Waals surface area (Å²) in [6.07, 6.45) is 6.61. The third kappa shape index (κ3) is 4.23.